The van der Waals surface area contributed by atoms with Crippen molar-refractivity contribution in [3.8, 4) is 0 Å². The fourth-order valence-electron chi connectivity index (χ4n) is 4.89. The fraction of sp³-hybridized carbons (Fsp3) is 0.429. The van der Waals surface area contributed by atoms with Gasteiger partial charge in [-0.25, -0.2) is 0 Å². The van der Waals surface area contributed by atoms with Crippen LogP contribution in [0.4, 0.5) is 0 Å². The number of nitrogens with zero attached hydrogens (tertiary/aromatic N) is 1. The van der Waals surface area contributed by atoms with Gasteiger partial charge in [-0.1, -0.05) is 49.8 Å². The van der Waals surface area contributed by atoms with Gasteiger partial charge < -0.3 is 0 Å². The van der Waals surface area contributed by atoms with Crippen LogP contribution in [0.15, 0.2) is 41.5 Å². The minimum atomic E-state index is -0.408. The number of rotatable bonds is 1. The van der Waals surface area contributed by atoms with Crippen molar-refractivity contribution in [3.63, 3.8) is 0 Å². The van der Waals surface area contributed by atoms with Gasteiger partial charge in [0.25, 0.3) is 0 Å². The molecule has 1 aromatic carbocycles. The molecular formula is C21H24N2O. The van der Waals surface area contributed by atoms with E-state index in [9.17, 15) is 4.79 Å². The Bertz CT molecular complexity index is 857. The molecule has 2 aliphatic carbocycles. The van der Waals surface area contributed by atoms with Gasteiger partial charge in [-0.15, -0.1) is 0 Å². The Kier molecular flexibility index (Phi) is 3.15. The highest BCUT2D eigenvalue weighted by Crippen LogP contribution is 2.52. The summed E-state index contributed by atoms with van der Waals surface area (Å²) in [6.07, 6.45) is 2.40. The van der Waals surface area contributed by atoms with Crippen molar-refractivity contribution < 1.29 is 4.79 Å². The Morgan fingerprint density at radius 3 is 2.50 bits per heavy atom. The highest BCUT2D eigenvalue weighted by Gasteiger charge is 2.48. The van der Waals surface area contributed by atoms with Crippen molar-refractivity contribution in [1.29, 1.82) is 0 Å². The van der Waals surface area contributed by atoms with E-state index >= 15 is 0 Å². The summed E-state index contributed by atoms with van der Waals surface area (Å²) in [6.45, 7) is 8.66. The number of benzene rings is 1. The monoisotopic (exact) mass is 320 g/mol. The van der Waals surface area contributed by atoms with Crippen LogP contribution in [0.5, 0.6) is 0 Å². The van der Waals surface area contributed by atoms with Crippen molar-refractivity contribution in [2.75, 3.05) is 0 Å². The molecule has 0 bridgehead atoms. The van der Waals surface area contributed by atoms with Gasteiger partial charge in [0.15, 0.2) is 5.78 Å². The number of fused-ring (bicyclic) bond motifs is 1. The normalized spacial score (nSPS) is 25.4. The average Bonchev–Trinajstić information content (AvgIpc) is 2.88. The third-order valence-corrected chi connectivity index (χ3v) is 5.72. The molecule has 124 valence electrons. The van der Waals surface area contributed by atoms with Gasteiger partial charge in [-0.05, 0) is 31.2 Å². The molecule has 0 saturated heterocycles. The van der Waals surface area contributed by atoms with Gasteiger partial charge in [-0.2, -0.15) is 5.10 Å². The van der Waals surface area contributed by atoms with Crippen LogP contribution in [0.2, 0.25) is 0 Å². The molecule has 0 fully saturated rings. The van der Waals surface area contributed by atoms with Crippen molar-refractivity contribution in [1.82, 2.24) is 10.2 Å². The summed E-state index contributed by atoms with van der Waals surface area (Å²) in [7, 11) is 0. The number of carbonyl (C=O) groups is 1. The van der Waals surface area contributed by atoms with E-state index in [-0.39, 0.29) is 5.41 Å². The van der Waals surface area contributed by atoms with E-state index in [0.717, 1.165) is 29.8 Å². The fourth-order valence-corrected chi connectivity index (χ4v) is 4.89. The van der Waals surface area contributed by atoms with Crippen LogP contribution >= 0.6 is 0 Å². The zero-order chi connectivity index (χ0) is 17.1. The molecule has 1 heterocycles. The predicted molar refractivity (Wildman–Crippen MR) is 95.0 cm³/mol. The second-order valence-electron chi connectivity index (χ2n) is 8.26. The summed E-state index contributed by atoms with van der Waals surface area (Å²) in [4.78, 5) is 13.2. The van der Waals surface area contributed by atoms with Crippen molar-refractivity contribution in [2.45, 2.75) is 52.4 Å². The molecule has 1 aromatic heterocycles. The van der Waals surface area contributed by atoms with E-state index < -0.39 is 5.41 Å². The predicted octanol–water partition coefficient (Wildman–Crippen LogP) is 4.27. The Balaban J connectivity index is 2.02. The molecule has 3 heteroatoms. The SMILES string of the molecule is Cc1[nH]nc2c1[C@](C)(c1ccccc1)C1=C(C2)CC(C)(C)CC1=O. The van der Waals surface area contributed by atoms with Crippen LogP contribution in [0.3, 0.4) is 0 Å². The minimum Gasteiger partial charge on any atom is -0.294 e. The van der Waals surface area contributed by atoms with E-state index in [1.807, 2.05) is 6.07 Å². The summed E-state index contributed by atoms with van der Waals surface area (Å²) in [5.74, 6) is 0.304. The maximum absolute atomic E-state index is 13.2. The lowest BCUT2D eigenvalue weighted by Gasteiger charge is -2.43. The van der Waals surface area contributed by atoms with Gasteiger partial charge >= 0.3 is 0 Å². The third-order valence-electron chi connectivity index (χ3n) is 5.72. The van der Waals surface area contributed by atoms with Crippen molar-refractivity contribution in [3.05, 3.63) is 64.0 Å². The maximum Gasteiger partial charge on any atom is 0.160 e. The summed E-state index contributed by atoms with van der Waals surface area (Å²) >= 11 is 0. The zero-order valence-corrected chi connectivity index (χ0v) is 14.9. The smallest absolute Gasteiger partial charge is 0.160 e. The number of allylic oxidation sites excluding steroid dienone is 2. The number of H-pyrrole nitrogens is 1. The number of nitrogens with one attached hydrogen (secondary N) is 1. The lowest BCUT2D eigenvalue weighted by molar-refractivity contribution is -0.118. The number of aromatic nitrogens is 2. The molecule has 2 aliphatic rings. The highest BCUT2D eigenvalue weighted by atomic mass is 16.1. The lowest BCUT2D eigenvalue weighted by atomic mass is 9.58. The third kappa shape index (κ3) is 2.03. The van der Waals surface area contributed by atoms with Crippen molar-refractivity contribution in [2.24, 2.45) is 5.41 Å². The molecular weight excluding hydrogens is 296 g/mol. The van der Waals surface area contributed by atoms with Gasteiger partial charge in [-0.3, -0.25) is 9.89 Å². The molecule has 0 unspecified atom stereocenters. The molecule has 24 heavy (non-hydrogen) atoms. The van der Waals surface area contributed by atoms with Gasteiger partial charge in [0.2, 0.25) is 0 Å². The molecule has 0 radical (unpaired) electrons. The van der Waals surface area contributed by atoms with Crippen LogP contribution < -0.4 is 0 Å². The second-order valence-corrected chi connectivity index (χ2v) is 8.26. The van der Waals surface area contributed by atoms with Crippen LogP contribution in [-0.2, 0) is 16.6 Å². The number of aryl methyl sites for hydroxylation is 1. The number of carbonyl (C=O) groups excluding carboxylic acids is 1. The van der Waals surface area contributed by atoms with Crippen LogP contribution in [0.25, 0.3) is 0 Å². The number of Topliss-reactive ketones (excluding diaryl/α,β-unsaturated/α-hetero) is 1. The lowest BCUT2D eigenvalue weighted by Crippen LogP contribution is -2.41. The first-order chi connectivity index (χ1) is 11.3. The van der Waals surface area contributed by atoms with Crippen LogP contribution in [0.1, 0.15) is 56.1 Å². The van der Waals surface area contributed by atoms with E-state index in [4.69, 9.17) is 0 Å². The first-order valence-electron chi connectivity index (χ1n) is 8.68. The number of ketones is 1. The zero-order valence-electron chi connectivity index (χ0n) is 14.9. The Hall–Kier alpha value is -2.16. The molecule has 0 saturated carbocycles. The van der Waals surface area contributed by atoms with Gasteiger partial charge in [0.1, 0.15) is 0 Å². The van der Waals surface area contributed by atoms with Crippen molar-refractivity contribution >= 4 is 5.78 Å². The first-order valence-corrected chi connectivity index (χ1v) is 8.68. The summed E-state index contributed by atoms with van der Waals surface area (Å²) < 4.78 is 0. The van der Waals surface area contributed by atoms with E-state index in [1.54, 1.807) is 0 Å². The molecule has 1 N–H and O–H groups in total. The molecule has 3 nitrogen and oxygen atoms in total. The summed E-state index contributed by atoms with van der Waals surface area (Å²) in [5.41, 5.74) is 6.47. The second kappa shape index (κ2) is 4.92. The summed E-state index contributed by atoms with van der Waals surface area (Å²) in [6, 6.07) is 10.4. The Labute approximate surface area is 143 Å². The number of aromatic amines is 1. The minimum absolute atomic E-state index is 0.0381. The Morgan fingerprint density at radius 2 is 1.79 bits per heavy atom. The molecule has 1 atom stereocenters. The van der Waals surface area contributed by atoms with Gasteiger partial charge in [0, 0.05) is 35.1 Å². The summed E-state index contributed by atoms with van der Waals surface area (Å²) in [5, 5.41) is 7.73. The van der Waals surface area contributed by atoms with E-state index in [2.05, 4.69) is 62.2 Å². The van der Waals surface area contributed by atoms with E-state index in [0.29, 0.717) is 12.2 Å². The highest BCUT2D eigenvalue weighted by molar-refractivity contribution is 6.01. The van der Waals surface area contributed by atoms with Crippen LogP contribution in [-0.4, -0.2) is 16.0 Å². The molecule has 4 rings (SSSR count). The first kappa shape index (κ1) is 15.4. The largest absolute Gasteiger partial charge is 0.294 e. The topological polar surface area (TPSA) is 45.8 Å². The molecule has 0 amide bonds. The number of hydrogen-bond donors (Lipinski definition) is 1. The standard InChI is InChI=1S/C21H24N2O/c1-13-18-16(23-22-13)10-14-11-20(2,3)12-17(24)19(14)21(18,4)15-8-6-5-7-9-15/h5-9H,10-12H2,1-4H3,(H,22,23)/t21-/m0/s1. The number of hydrogen-bond acceptors (Lipinski definition) is 2. The molecule has 2 aromatic rings. The van der Waals surface area contributed by atoms with E-state index in [1.165, 1.54) is 16.7 Å². The maximum atomic E-state index is 13.2. The molecule has 0 spiro atoms. The average molecular weight is 320 g/mol. The van der Waals surface area contributed by atoms with Gasteiger partial charge in [0.05, 0.1) is 5.69 Å². The molecule has 0 aliphatic heterocycles. The van der Waals surface area contributed by atoms with Crippen LogP contribution in [0, 0.1) is 12.3 Å². The quantitative estimate of drug-likeness (QED) is 0.853. The Morgan fingerprint density at radius 1 is 1.08 bits per heavy atom.